The average Bonchev–Trinajstić information content (AvgIpc) is 2.05. The van der Waals surface area contributed by atoms with E-state index in [1.54, 1.807) is 12.1 Å². The molecule has 0 spiro atoms. The SMILES string of the molecule is CC1CC(C)(C)Oc2ccc(O)cc21. The van der Waals surface area contributed by atoms with Gasteiger partial charge in [0.1, 0.15) is 17.1 Å². The number of aromatic hydroxyl groups is 1. The largest absolute Gasteiger partial charge is 0.508 e. The first-order valence-corrected chi connectivity index (χ1v) is 5.00. The summed E-state index contributed by atoms with van der Waals surface area (Å²) in [5.74, 6) is 1.67. The van der Waals surface area contributed by atoms with E-state index in [2.05, 4.69) is 20.8 Å². The Balaban J connectivity index is 2.45. The lowest BCUT2D eigenvalue weighted by atomic mass is 9.86. The summed E-state index contributed by atoms with van der Waals surface area (Å²) >= 11 is 0. The van der Waals surface area contributed by atoms with Crippen molar-refractivity contribution in [3.8, 4) is 11.5 Å². The summed E-state index contributed by atoms with van der Waals surface area (Å²) in [5, 5.41) is 9.38. The molecule has 76 valence electrons. The Morgan fingerprint density at radius 1 is 1.43 bits per heavy atom. The van der Waals surface area contributed by atoms with Crippen molar-refractivity contribution in [2.24, 2.45) is 0 Å². The molecule has 14 heavy (non-hydrogen) atoms. The molecule has 0 bridgehead atoms. The third-order valence-corrected chi connectivity index (χ3v) is 2.71. The van der Waals surface area contributed by atoms with Crippen LogP contribution in [0, 0.1) is 0 Å². The van der Waals surface area contributed by atoms with E-state index in [9.17, 15) is 5.11 Å². The molecule has 0 radical (unpaired) electrons. The Morgan fingerprint density at radius 3 is 2.86 bits per heavy atom. The van der Waals surface area contributed by atoms with Gasteiger partial charge in [0.15, 0.2) is 0 Å². The van der Waals surface area contributed by atoms with Crippen molar-refractivity contribution in [2.75, 3.05) is 0 Å². The summed E-state index contributed by atoms with van der Waals surface area (Å²) < 4.78 is 5.83. The maximum absolute atomic E-state index is 9.38. The van der Waals surface area contributed by atoms with Crippen LogP contribution >= 0.6 is 0 Å². The summed E-state index contributed by atoms with van der Waals surface area (Å²) in [7, 11) is 0. The third kappa shape index (κ3) is 1.57. The van der Waals surface area contributed by atoms with Crippen LogP contribution in [0.2, 0.25) is 0 Å². The number of hydrogen-bond donors (Lipinski definition) is 1. The minimum atomic E-state index is -0.0939. The van der Waals surface area contributed by atoms with Gasteiger partial charge in [-0.2, -0.15) is 0 Å². The molecule has 1 aromatic carbocycles. The fraction of sp³-hybridized carbons (Fsp3) is 0.500. The van der Waals surface area contributed by atoms with Crippen molar-refractivity contribution in [1.82, 2.24) is 0 Å². The van der Waals surface area contributed by atoms with Crippen LogP contribution in [0.4, 0.5) is 0 Å². The Hall–Kier alpha value is -1.18. The number of hydrogen-bond acceptors (Lipinski definition) is 2. The molecule has 0 saturated carbocycles. The van der Waals surface area contributed by atoms with Crippen molar-refractivity contribution in [3.05, 3.63) is 23.8 Å². The standard InChI is InChI=1S/C12H16O2/c1-8-7-12(2,3)14-11-5-4-9(13)6-10(8)11/h4-6,8,13H,7H2,1-3H3. The summed E-state index contributed by atoms with van der Waals surface area (Å²) in [6.07, 6.45) is 0.990. The lowest BCUT2D eigenvalue weighted by molar-refractivity contribution is 0.0745. The molecule has 1 unspecified atom stereocenters. The van der Waals surface area contributed by atoms with Crippen LogP contribution in [0.15, 0.2) is 18.2 Å². The molecule has 1 aliphatic rings. The average molecular weight is 192 g/mol. The predicted octanol–water partition coefficient (Wildman–Crippen LogP) is 3.06. The molecular weight excluding hydrogens is 176 g/mol. The van der Waals surface area contributed by atoms with Crippen LogP contribution in [0.1, 0.15) is 38.7 Å². The number of fused-ring (bicyclic) bond motifs is 1. The van der Waals surface area contributed by atoms with Crippen molar-refractivity contribution in [2.45, 2.75) is 38.7 Å². The van der Waals surface area contributed by atoms with Crippen molar-refractivity contribution < 1.29 is 9.84 Å². The number of phenols is 1. The van der Waals surface area contributed by atoms with Crippen LogP contribution in [-0.4, -0.2) is 10.7 Å². The minimum Gasteiger partial charge on any atom is -0.508 e. The van der Waals surface area contributed by atoms with E-state index in [4.69, 9.17) is 4.74 Å². The fourth-order valence-corrected chi connectivity index (χ4v) is 2.20. The Bertz CT molecular complexity index is 355. The highest BCUT2D eigenvalue weighted by molar-refractivity contribution is 5.43. The van der Waals surface area contributed by atoms with Crippen molar-refractivity contribution in [3.63, 3.8) is 0 Å². The lowest BCUT2D eigenvalue weighted by Crippen LogP contribution is -2.34. The number of rotatable bonds is 0. The maximum atomic E-state index is 9.38. The first-order valence-electron chi connectivity index (χ1n) is 5.00. The normalized spacial score (nSPS) is 23.8. The molecule has 1 aliphatic heterocycles. The Kier molecular flexibility index (Phi) is 1.95. The molecule has 1 heterocycles. The first kappa shape index (κ1) is 9.38. The van der Waals surface area contributed by atoms with Crippen molar-refractivity contribution >= 4 is 0 Å². The Morgan fingerprint density at radius 2 is 2.14 bits per heavy atom. The zero-order valence-corrected chi connectivity index (χ0v) is 8.87. The smallest absolute Gasteiger partial charge is 0.123 e. The molecule has 2 nitrogen and oxygen atoms in total. The van der Waals surface area contributed by atoms with Gasteiger partial charge in [0.25, 0.3) is 0 Å². The van der Waals surface area contributed by atoms with E-state index in [-0.39, 0.29) is 5.60 Å². The van der Waals surface area contributed by atoms with Gasteiger partial charge in [-0.3, -0.25) is 0 Å². The minimum absolute atomic E-state index is 0.0939. The first-order chi connectivity index (χ1) is 6.48. The molecule has 0 fully saturated rings. The van der Waals surface area contributed by atoms with Crippen LogP contribution in [0.5, 0.6) is 11.5 Å². The molecule has 1 aromatic rings. The van der Waals surface area contributed by atoms with E-state index >= 15 is 0 Å². The van der Waals surface area contributed by atoms with E-state index in [1.165, 1.54) is 0 Å². The third-order valence-electron chi connectivity index (χ3n) is 2.71. The van der Waals surface area contributed by atoms with Gasteiger partial charge in [0.2, 0.25) is 0 Å². The second kappa shape index (κ2) is 2.91. The van der Waals surface area contributed by atoms with E-state index in [0.717, 1.165) is 17.7 Å². The highest BCUT2D eigenvalue weighted by Crippen LogP contribution is 2.41. The zero-order valence-electron chi connectivity index (χ0n) is 8.87. The number of benzene rings is 1. The van der Waals surface area contributed by atoms with Gasteiger partial charge in [0.05, 0.1) is 0 Å². The highest BCUT2D eigenvalue weighted by Gasteiger charge is 2.31. The number of phenolic OH excluding ortho intramolecular Hbond substituents is 1. The van der Waals surface area contributed by atoms with Crippen molar-refractivity contribution in [1.29, 1.82) is 0 Å². The molecule has 0 aliphatic carbocycles. The monoisotopic (exact) mass is 192 g/mol. The topological polar surface area (TPSA) is 29.5 Å². The molecular formula is C12H16O2. The maximum Gasteiger partial charge on any atom is 0.123 e. The second-order valence-electron chi connectivity index (χ2n) is 4.69. The van der Waals surface area contributed by atoms with E-state index in [1.807, 2.05) is 6.07 Å². The highest BCUT2D eigenvalue weighted by atomic mass is 16.5. The van der Waals surface area contributed by atoms with E-state index < -0.39 is 0 Å². The summed E-state index contributed by atoms with van der Waals surface area (Å²) in [6, 6.07) is 5.32. The molecule has 0 saturated heterocycles. The van der Waals surface area contributed by atoms with Gasteiger partial charge in [0, 0.05) is 5.56 Å². The van der Waals surface area contributed by atoms with Crippen LogP contribution in [0.3, 0.4) is 0 Å². The lowest BCUT2D eigenvalue weighted by Gasteiger charge is -2.36. The molecule has 0 amide bonds. The van der Waals surface area contributed by atoms with E-state index in [0.29, 0.717) is 11.7 Å². The van der Waals surface area contributed by atoms with Crippen LogP contribution in [-0.2, 0) is 0 Å². The Labute approximate surface area is 84.5 Å². The molecule has 1 atom stereocenters. The zero-order chi connectivity index (χ0) is 10.3. The summed E-state index contributed by atoms with van der Waals surface area (Å²) in [5.41, 5.74) is 1.02. The quantitative estimate of drug-likeness (QED) is 0.684. The van der Waals surface area contributed by atoms with Crippen LogP contribution < -0.4 is 4.74 Å². The molecule has 0 aromatic heterocycles. The summed E-state index contributed by atoms with van der Waals surface area (Å²) in [6.45, 7) is 6.36. The van der Waals surface area contributed by atoms with Gasteiger partial charge in [-0.25, -0.2) is 0 Å². The molecule has 2 heteroatoms. The van der Waals surface area contributed by atoms with Gasteiger partial charge < -0.3 is 9.84 Å². The predicted molar refractivity (Wildman–Crippen MR) is 55.8 cm³/mol. The van der Waals surface area contributed by atoms with Gasteiger partial charge >= 0.3 is 0 Å². The van der Waals surface area contributed by atoms with Gasteiger partial charge in [-0.05, 0) is 44.4 Å². The molecule has 2 rings (SSSR count). The summed E-state index contributed by atoms with van der Waals surface area (Å²) in [4.78, 5) is 0. The molecule has 1 N–H and O–H groups in total. The van der Waals surface area contributed by atoms with Gasteiger partial charge in [-0.1, -0.05) is 6.92 Å². The van der Waals surface area contributed by atoms with Crippen LogP contribution in [0.25, 0.3) is 0 Å². The van der Waals surface area contributed by atoms with Gasteiger partial charge in [-0.15, -0.1) is 0 Å². The fourth-order valence-electron chi connectivity index (χ4n) is 2.20. The number of ether oxygens (including phenoxy) is 1. The second-order valence-corrected chi connectivity index (χ2v) is 4.69.